The van der Waals surface area contributed by atoms with Crippen molar-refractivity contribution in [2.75, 3.05) is 20.1 Å². The number of piperidine rings is 1. The summed E-state index contributed by atoms with van der Waals surface area (Å²) in [5, 5.41) is 1.37. The molecule has 122 valence electrons. The van der Waals surface area contributed by atoms with E-state index in [-0.39, 0.29) is 12.2 Å². The highest BCUT2D eigenvalue weighted by molar-refractivity contribution is 5.86. The number of H-pyrrole nitrogens is 1. The van der Waals surface area contributed by atoms with E-state index in [1.165, 1.54) is 27.7 Å². The van der Waals surface area contributed by atoms with Crippen LogP contribution in [0.15, 0.2) is 54.6 Å². The van der Waals surface area contributed by atoms with Gasteiger partial charge in [-0.25, -0.2) is 0 Å². The van der Waals surface area contributed by atoms with E-state index in [2.05, 4.69) is 71.5 Å². The van der Waals surface area contributed by atoms with Crippen molar-refractivity contribution in [3.8, 4) is 0 Å². The molecule has 0 saturated carbocycles. The quantitative estimate of drug-likeness (QED) is 0.732. The second-order valence-electron chi connectivity index (χ2n) is 7.12. The zero-order chi connectivity index (χ0) is 16.1. The van der Waals surface area contributed by atoms with Gasteiger partial charge in [0.25, 0.3) is 0 Å². The molecule has 5 rings (SSSR count). The number of likely N-dealkylation sites (N-methyl/N-ethyl adjacent to an activating group) is 1. The summed E-state index contributed by atoms with van der Waals surface area (Å²) in [6, 6.07) is 19.3. The summed E-state index contributed by atoms with van der Waals surface area (Å²) in [6.07, 6.45) is 1.43. The minimum atomic E-state index is 0.00125. The number of para-hydroxylation sites is 1. The highest BCUT2D eigenvalue weighted by atomic mass is 16.5. The van der Waals surface area contributed by atoms with Crippen LogP contribution in [0.4, 0.5) is 0 Å². The molecule has 3 atom stereocenters. The topological polar surface area (TPSA) is 28.3 Å². The fraction of sp³-hybridized carbons (Fsp3) is 0.333. The van der Waals surface area contributed by atoms with Crippen molar-refractivity contribution in [3.05, 3.63) is 71.4 Å². The lowest BCUT2D eigenvalue weighted by Gasteiger charge is -2.42. The van der Waals surface area contributed by atoms with Crippen molar-refractivity contribution < 1.29 is 4.74 Å². The molecule has 1 saturated heterocycles. The first-order chi connectivity index (χ1) is 11.8. The van der Waals surface area contributed by atoms with Crippen LogP contribution in [0.5, 0.6) is 0 Å². The lowest BCUT2D eigenvalue weighted by Crippen LogP contribution is -2.45. The SMILES string of the molecule is CN1CC[C@@H]2c3c([nH]c4ccccc34)C(c3ccccc3)O[C@H]2C1. The molecule has 1 aromatic heterocycles. The van der Waals surface area contributed by atoms with Gasteiger partial charge in [0.15, 0.2) is 0 Å². The van der Waals surface area contributed by atoms with Gasteiger partial charge in [0, 0.05) is 23.4 Å². The number of ether oxygens (including phenoxy) is 1. The van der Waals surface area contributed by atoms with Gasteiger partial charge in [-0.05, 0) is 37.2 Å². The van der Waals surface area contributed by atoms with Crippen LogP contribution in [0.2, 0.25) is 0 Å². The zero-order valence-electron chi connectivity index (χ0n) is 13.9. The predicted octanol–water partition coefficient (Wildman–Crippen LogP) is 4.08. The van der Waals surface area contributed by atoms with E-state index in [0.717, 1.165) is 19.5 Å². The second-order valence-corrected chi connectivity index (χ2v) is 7.12. The number of likely N-dealkylation sites (tertiary alicyclic amines) is 1. The van der Waals surface area contributed by atoms with Crippen LogP contribution in [0.3, 0.4) is 0 Å². The van der Waals surface area contributed by atoms with Crippen molar-refractivity contribution in [1.82, 2.24) is 9.88 Å². The normalized spacial score (nSPS) is 27.0. The molecule has 3 heteroatoms. The van der Waals surface area contributed by atoms with Gasteiger partial charge in [-0.1, -0.05) is 48.5 Å². The summed E-state index contributed by atoms with van der Waals surface area (Å²) in [6.45, 7) is 2.15. The molecule has 3 nitrogen and oxygen atoms in total. The standard InChI is InChI=1S/C21H22N2O/c1-23-12-11-16-18(13-23)24-21(14-7-3-2-4-8-14)20-19(16)15-9-5-6-10-17(15)22-20/h2-10,16,18,21-22H,11-13H2,1H3/t16-,18-,21?/m0/s1. The van der Waals surface area contributed by atoms with E-state index in [4.69, 9.17) is 4.74 Å². The Bertz CT molecular complexity index is 870. The number of nitrogens with zero attached hydrogens (tertiary/aromatic N) is 1. The number of rotatable bonds is 1. The molecule has 1 fully saturated rings. The van der Waals surface area contributed by atoms with E-state index in [9.17, 15) is 0 Å². The third kappa shape index (κ3) is 2.12. The number of nitrogens with one attached hydrogen (secondary N) is 1. The summed E-state index contributed by atoms with van der Waals surface area (Å²) in [5.74, 6) is 0.493. The van der Waals surface area contributed by atoms with Gasteiger partial charge in [0.05, 0.1) is 11.8 Å². The van der Waals surface area contributed by atoms with Gasteiger partial charge < -0.3 is 14.6 Å². The minimum absolute atomic E-state index is 0.00125. The van der Waals surface area contributed by atoms with Crippen LogP contribution in [0.1, 0.15) is 35.3 Å². The van der Waals surface area contributed by atoms with E-state index in [0.29, 0.717) is 5.92 Å². The van der Waals surface area contributed by atoms with Crippen molar-refractivity contribution in [1.29, 1.82) is 0 Å². The lowest BCUT2D eigenvalue weighted by molar-refractivity contribution is -0.0552. The molecule has 24 heavy (non-hydrogen) atoms. The molecule has 0 spiro atoms. The van der Waals surface area contributed by atoms with Gasteiger partial charge in [-0.15, -0.1) is 0 Å². The number of hydrogen-bond acceptors (Lipinski definition) is 2. The molecule has 2 aliphatic rings. The Morgan fingerprint density at radius 2 is 1.83 bits per heavy atom. The molecule has 3 aromatic rings. The maximum Gasteiger partial charge on any atom is 0.123 e. The van der Waals surface area contributed by atoms with Crippen molar-refractivity contribution in [2.45, 2.75) is 24.5 Å². The average Bonchev–Trinajstić information content (AvgIpc) is 3.01. The highest BCUT2D eigenvalue weighted by Gasteiger charge is 2.41. The minimum Gasteiger partial charge on any atom is -0.362 e. The summed E-state index contributed by atoms with van der Waals surface area (Å²) >= 11 is 0. The summed E-state index contributed by atoms with van der Waals surface area (Å²) in [7, 11) is 2.20. The number of hydrogen-bond donors (Lipinski definition) is 1. The fourth-order valence-electron chi connectivity index (χ4n) is 4.45. The average molecular weight is 318 g/mol. The van der Waals surface area contributed by atoms with Crippen LogP contribution in [-0.4, -0.2) is 36.1 Å². The Kier molecular flexibility index (Phi) is 3.25. The maximum absolute atomic E-state index is 6.63. The lowest BCUT2D eigenvalue weighted by atomic mass is 9.81. The van der Waals surface area contributed by atoms with Crippen LogP contribution in [-0.2, 0) is 4.74 Å². The van der Waals surface area contributed by atoms with Gasteiger partial charge in [-0.3, -0.25) is 0 Å². The largest absolute Gasteiger partial charge is 0.362 e. The predicted molar refractivity (Wildman–Crippen MR) is 96.3 cm³/mol. The second kappa shape index (κ2) is 5.47. The van der Waals surface area contributed by atoms with Crippen molar-refractivity contribution >= 4 is 10.9 Å². The van der Waals surface area contributed by atoms with Crippen molar-refractivity contribution in [3.63, 3.8) is 0 Å². The van der Waals surface area contributed by atoms with Crippen LogP contribution in [0.25, 0.3) is 10.9 Å². The summed E-state index contributed by atoms with van der Waals surface area (Å²) < 4.78 is 6.63. The molecule has 2 aromatic carbocycles. The van der Waals surface area contributed by atoms with E-state index in [1.807, 2.05) is 0 Å². The first-order valence-corrected chi connectivity index (χ1v) is 8.80. The van der Waals surface area contributed by atoms with Crippen molar-refractivity contribution in [2.24, 2.45) is 0 Å². The fourth-order valence-corrected chi connectivity index (χ4v) is 4.45. The number of fused-ring (bicyclic) bond motifs is 5. The first-order valence-electron chi connectivity index (χ1n) is 8.80. The molecule has 1 N–H and O–H groups in total. The van der Waals surface area contributed by atoms with E-state index >= 15 is 0 Å². The molecule has 0 bridgehead atoms. The monoisotopic (exact) mass is 318 g/mol. The van der Waals surface area contributed by atoms with E-state index in [1.54, 1.807) is 0 Å². The Balaban J connectivity index is 1.71. The van der Waals surface area contributed by atoms with Crippen LogP contribution < -0.4 is 0 Å². The molecular weight excluding hydrogens is 296 g/mol. The van der Waals surface area contributed by atoms with Gasteiger partial charge in [0.2, 0.25) is 0 Å². The highest BCUT2D eigenvalue weighted by Crippen LogP contribution is 2.47. The summed E-state index contributed by atoms with van der Waals surface area (Å²) in [4.78, 5) is 6.06. The molecule has 0 amide bonds. The Morgan fingerprint density at radius 3 is 2.71 bits per heavy atom. The number of aromatic amines is 1. The van der Waals surface area contributed by atoms with Crippen LogP contribution in [0, 0.1) is 0 Å². The molecular formula is C21H22N2O. The summed E-state index contributed by atoms with van der Waals surface area (Å²) in [5.41, 5.74) is 5.21. The van der Waals surface area contributed by atoms with Gasteiger partial charge in [-0.2, -0.15) is 0 Å². The smallest absolute Gasteiger partial charge is 0.123 e. The number of benzene rings is 2. The Labute approximate surface area is 142 Å². The third-order valence-electron chi connectivity index (χ3n) is 5.59. The number of aromatic nitrogens is 1. The molecule has 2 aliphatic heterocycles. The van der Waals surface area contributed by atoms with Gasteiger partial charge in [0.1, 0.15) is 6.10 Å². The first kappa shape index (κ1) is 14.3. The Hall–Kier alpha value is -2.10. The van der Waals surface area contributed by atoms with E-state index < -0.39 is 0 Å². The zero-order valence-corrected chi connectivity index (χ0v) is 13.9. The van der Waals surface area contributed by atoms with Crippen LogP contribution >= 0.6 is 0 Å². The third-order valence-corrected chi connectivity index (χ3v) is 5.59. The molecule has 0 radical (unpaired) electrons. The van der Waals surface area contributed by atoms with Gasteiger partial charge >= 0.3 is 0 Å². The molecule has 3 heterocycles. The molecule has 1 unspecified atom stereocenters. The Morgan fingerprint density at radius 1 is 1.04 bits per heavy atom. The maximum atomic E-state index is 6.63. The molecule has 0 aliphatic carbocycles.